The fourth-order valence-electron chi connectivity index (χ4n) is 2.73. The van der Waals surface area contributed by atoms with Crippen molar-refractivity contribution >= 4 is 17.4 Å². The SMILES string of the molecule is CN(c1ccc2nnc(C(C)(C)C)n2n1)C1CC(C(=O)O)C1. The molecule has 0 radical (unpaired) electrons. The number of aliphatic carboxylic acids is 1. The molecule has 2 aromatic heterocycles. The van der Waals surface area contributed by atoms with Gasteiger partial charge in [-0.1, -0.05) is 20.8 Å². The molecule has 0 spiro atoms. The zero-order valence-corrected chi connectivity index (χ0v) is 13.3. The Bertz CT molecular complexity index is 712. The molecule has 1 saturated carbocycles. The van der Waals surface area contributed by atoms with Gasteiger partial charge in [-0.3, -0.25) is 4.79 Å². The molecule has 1 N–H and O–H groups in total. The molecule has 0 aliphatic heterocycles. The summed E-state index contributed by atoms with van der Waals surface area (Å²) in [4.78, 5) is 13.0. The van der Waals surface area contributed by atoms with Gasteiger partial charge in [-0.15, -0.1) is 15.3 Å². The maximum absolute atomic E-state index is 10.9. The molecule has 22 heavy (non-hydrogen) atoms. The second-order valence-corrected chi connectivity index (χ2v) is 7.01. The lowest BCUT2D eigenvalue weighted by Gasteiger charge is -2.39. The van der Waals surface area contributed by atoms with E-state index in [2.05, 4.69) is 36.1 Å². The van der Waals surface area contributed by atoms with Gasteiger partial charge in [0.25, 0.3) is 0 Å². The molecular weight excluding hydrogens is 282 g/mol. The maximum atomic E-state index is 10.9. The van der Waals surface area contributed by atoms with Crippen LogP contribution in [-0.2, 0) is 10.2 Å². The average Bonchev–Trinajstić information content (AvgIpc) is 2.78. The Hall–Kier alpha value is -2.18. The normalized spacial score (nSPS) is 21.6. The maximum Gasteiger partial charge on any atom is 0.306 e. The molecule has 2 heterocycles. The van der Waals surface area contributed by atoms with Gasteiger partial charge >= 0.3 is 5.97 Å². The van der Waals surface area contributed by atoms with Crippen LogP contribution in [0.3, 0.4) is 0 Å². The lowest BCUT2D eigenvalue weighted by atomic mass is 9.79. The largest absolute Gasteiger partial charge is 0.481 e. The van der Waals surface area contributed by atoms with Crippen molar-refractivity contribution in [3.8, 4) is 0 Å². The number of nitrogens with zero attached hydrogens (tertiary/aromatic N) is 5. The van der Waals surface area contributed by atoms with Gasteiger partial charge in [0.1, 0.15) is 5.82 Å². The fraction of sp³-hybridized carbons (Fsp3) is 0.600. The second-order valence-electron chi connectivity index (χ2n) is 7.01. The molecule has 7 heteroatoms. The molecule has 0 atom stereocenters. The number of anilines is 1. The van der Waals surface area contributed by atoms with E-state index in [0.717, 1.165) is 17.3 Å². The minimum atomic E-state index is -0.707. The first-order valence-corrected chi connectivity index (χ1v) is 7.46. The first kappa shape index (κ1) is 14.7. The van der Waals surface area contributed by atoms with Gasteiger partial charge in [0.05, 0.1) is 5.92 Å². The van der Waals surface area contributed by atoms with E-state index < -0.39 is 5.97 Å². The van der Waals surface area contributed by atoms with Crippen molar-refractivity contribution in [1.29, 1.82) is 0 Å². The number of rotatable bonds is 3. The highest BCUT2D eigenvalue weighted by Crippen LogP contribution is 2.33. The van der Waals surface area contributed by atoms with Crippen LogP contribution in [0.25, 0.3) is 5.65 Å². The van der Waals surface area contributed by atoms with E-state index in [0.29, 0.717) is 12.8 Å². The number of carbonyl (C=O) groups is 1. The van der Waals surface area contributed by atoms with Crippen molar-refractivity contribution in [2.45, 2.75) is 45.1 Å². The Morgan fingerprint density at radius 2 is 2.00 bits per heavy atom. The molecule has 0 amide bonds. The quantitative estimate of drug-likeness (QED) is 0.929. The summed E-state index contributed by atoms with van der Waals surface area (Å²) in [6.45, 7) is 6.22. The molecule has 0 bridgehead atoms. The van der Waals surface area contributed by atoms with E-state index in [1.807, 2.05) is 24.1 Å². The van der Waals surface area contributed by atoms with Crippen molar-refractivity contribution in [2.75, 3.05) is 11.9 Å². The summed E-state index contributed by atoms with van der Waals surface area (Å²) in [5.41, 5.74) is 0.577. The molecule has 3 rings (SSSR count). The standard InChI is InChI=1S/C15H21N5O2/c1-15(2,3)14-17-16-11-5-6-12(18-20(11)14)19(4)10-7-9(8-10)13(21)22/h5-6,9-10H,7-8H2,1-4H3,(H,21,22). The minimum absolute atomic E-state index is 0.144. The summed E-state index contributed by atoms with van der Waals surface area (Å²) in [6, 6.07) is 4.03. The number of carboxylic acid groups (broad SMARTS) is 1. The third-order valence-corrected chi connectivity index (χ3v) is 4.29. The zero-order chi connectivity index (χ0) is 16.1. The van der Waals surface area contributed by atoms with Gasteiger partial charge in [0.2, 0.25) is 0 Å². The van der Waals surface area contributed by atoms with Crippen LogP contribution >= 0.6 is 0 Å². The van der Waals surface area contributed by atoms with Crippen molar-refractivity contribution in [2.24, 2.45) is 5.92 Å². The number of hydrogen-bond acceptors (Lipinski definition) is 5. The zero-order valence-electron chi connectivity index (χ0n) is 13.3. The number of fused-ring (bicyclic) bond motifs is 1. The van der Waals surface area contributed by atoms with Crippen LogP contribution in [0, 0.1) is 5.92 Å². The molecule has 118 valence electrons. The van der Waals surface area contributed by atoms with Gasteiger partial charge in [0.15, 0.2) is 11.5 Å². The molecular formula is C15H21N5O2. The predicted molar refractivity (Wildman–Crippen MR) is 82.0 cm³/mol. The predicted octanol–water partition coefficient (Wildman–Crippen LogP) is 1.72. The molecule has 7 nitrogen and oxygen atoms in total. The third kappa shape index (κ3) is 2.40. The van der Waals surface area contributed by atoms with E-state index in [1.54, 1.807) is 4.52 Å². The third-order valence-electron chi connectivity index (χ3n) is 4.29. The Labute approximate surface area is 129 Å². The van der Waals surface area contributed by atoms with E-state index in [-0.39, 0.29) is 17.4 Å². The molecule has 1 aliphatic rings. The molecule has 1 fully saturated rings. The Morgan fingerprint density at radius 1 is 1.32 bits per heavy atom. The Morgan fingerprint density at radius 3 is 2.59 bits per heavy atom. The second kappa shape index (κ2) is 4.93. The summed E-state index contributed by atoms with van der Waals surface area (Å²) in [7, 11) is 1.96. The molecule has 2 aromatic rings. The molecule has 1 aliphatic carbocycles. The number of aromatic nitrogens is 4. The fourth-order valence-corrected chi connectivity index (χ4v) is 2.73. The van der Waals surface area contributed by atoms with Crippen molar-refractivity contribution in [3.63, 3.8) is 0 Å². The van der Waals surface area contributed by atoms with Gasteiger partial charge in [-0.05, 0) is 25.0 Å². The Balaban J connectivity index is 1.87. The van der Waals surface area contributed by atoms with Gasteiger partial charge in [-0.2, -0.15) is 4.52 Å². The first-order chi connectivity index (χ1) is 10.3. The highest BCUT2D eigenvalue weighted by atomic mass is 16.4. The number of hydrogen-bond donors (Lipinski definition) is 1. The van der Waals surface area contributed by atoms with Crippen molar-refractivity contribution in [1.82, 2.24) is 19.8 Å². The monoisotopic (exact) mass is 303 g/mol. The van der Waals surface area contributed by atoms with Crippen LogP contribution in [0.1, 0.15) is 39.4 Å². The van der Waals surface area contributed by atoms with Gasteiger partial charge in [0, 0.05) is 18.5 Å². The lowest BCUT2D eigenvalue weighted by molar-refractivity contribution is -0.145. The smallest absolute Gasteiger partial charge is 0.306 e. The number of carboxylic acids is 1. The van der Waals surface area contributed by atoms with Crippen molar-refractivity contribution in [3.05, 3.63) is 18.0 Å². The minimum Gasteiger partial charge on any atom is -0.481 e. The van der Waals surface area contributed by atoms with E-state index >= 15 is 0 Å². The summed E-state index contributed by atoms with van der Waals surface area (Å²) in [5, 5.41) is 22.0. The summed E-state index contributed by atoms with van der Waals surface area (Å²) >= 11 is 0. The van der Waals surface area contributed by atoms with Crippen LogP contribution < -0.4 is 4.90 Å². The van der Waals surface area contributed by atoms with Crippen LogP contribution in [0.4, 0.5) is 5.82 Å². The van der Waals surface area contributed by atoms with Crippen molar-refractivity contribution < 1.29 is 9.90 Å². The molecule has 0 saturated heterocycles. The summed E-state index contributed by atoms with van der Waals surface area (Å²) in [6.07, 6.45) is 1.33. The van der Waals surface area contributed by atoms with E-state index in [1.165, 1.54) is 0 Å². The van der Waals surface area contributed by atoms with Crippen LogP contribution in [0.5, 0.6) is 0 Å². The topological polar surface area (TPSA) is 83.6 Å². The lowest BCUT2D eigenvalue weighted by Crippen LogP contribution is -2.45. The van der Waals surface area contributed by atoms with E-state index in [4.69, 9.17) is 5.11 Å². The highest BCUT2D eigenvalue weighted by molar-refractivity contribution is 5.71. The summed E-state index contributed by atoms with van der Waals surface area (Å²) in [5.74, 6) is 0.694. The van der Waals surface area contributed by atoms with Crippen LogP contribution in [0.15, 0.2) is 12.1 Å². The van der Waals surface area contributed by atoms with Crippen LogP contribution in [0.2, 0.25) is 0 Å². The molecule has 0 aromatic carbocycles. The van der Waals surface area contributed by atoms with Gasteiger partial charge in [-0.25, -0.2) is 0 Å². The van der Waals surface area contributed by atoms with Crippen LogP contribution in [-0.4, -0.2) is 44.0 Å². The molecule has 0 unspecified atom stereocenters. The van der Waals surface area contributed by atoms with Gasteiger partial charge < -0.3 is 10.0 Å². The van der Waals surface area contributed by atoms with E-state index in [9.17, 15) is 4.79 Å². The summed E-state index contributed by atoms with van der Waals surface area (Å²) < 4.78 is 1.78. The first-order valence-electron chi connectivity index (χ1n) is 7.46. The highest BCUT2D eigenvalue weighted by Gasteiger charge is 2.37. The Kier molecular flexibility index (Phi) is 3.30. The average molecular weight is 303 g/mol.